The van der Waals surface area contributed by atoms with E-state index in [1.165, 1.54) is 11.8 Å². The van der Waals surface area contributed by atoms with Crippen molar-refractivity contribution in [3.8, 4) is 0 Å². The highest BCUT2D eigenvalue weighted by Crippen LogP contribution is 2.31. The zero-order valence-electron chi connectivity index (χ0n) is 10.8. The minimum absolute atomic E-state index is 0.00724. The number of para-hydroxylation sites is 1. The van der Waals surface area contributed by atoms with Gasteiger partial charge in [-0.2, -0.15) is 0 Å². The highest BCUT2D eigenvalue weighted by atomic mass is 32.2. The number of hydrogen-bond donors (Lipinski definition) is 2. The number of benzene rings is 1. The molecule has 5 heteroatoms. The fourth-order valence-electron chi connectivity index (χ4n) is 1.76. The average molecular weight is 277 g/mol. The quantitative estimate of drug-likeness (QED) is 0.661. The predicted octanol–water partition coefficient (Wildman–Crippen LogP) is 3.47. The summed E-state index contributed by atoms with van der Waals surface area (Å²) in [5.74, 6) is 0.166. The molecule has 0 aliphatic carbocycles. The second-order valence-corrected chi connectivity index (χ2v) is 5.32. The van der Waals surface area contributed by atoms with E-state index in [0.29, 0.717) is 17.1 Å². The average Bonchev–Trinajstić information content (AvgIpc) is 2.73. The van der Waals surface area contributed by atoms with Gasteiger partial charge in [0, 0.05) is 16.1 Å². The SMILES string of the molecule is Cc1cc(CSc2cccc(C)c2N)oc1C(=O)O. The summed E-state index contributed by atoms with van der Waals surface area (Å²) in [5.41, 5.74) is 8.42. The fraction of sp³-hybridized carbons (Fsp3) is 0.214. The topological polar surface area (TPSA) is 76.5 Å². The molecule has 19 heavy (non-hydrogen) atoms. The smallest absolute Gasteiger partial charge is 0.372 e. The minimum Gasteiger partial charge on any atom is -0.475 e. The van der Waals surface area contributed by atoms with Gasteiger partial charge < -0.3 is 15.3 Å². The number of carbonyl (C=O) groups is 1. The fourth-order valence-corrected chi connectivity index (χ4v) is 2.69. The molecule has 0 atom stereocenters. The standard InChI is InChI=1S/C14H15NO3S/c1-8-4-3-5-11(12(8)15)19-7-10-6-9(2)13(18-10)14(16)17/h3-6H,7,15H2,1-2H3,(H,16,17). The maximum atomic E-state index is 10.9. The molecule has 0 fully saturated rings. The van der Waals surface area contributed by atoms with Crippen LogP contribution in [0.5, 0.6) is 0 Å². The molecule has 1 heterocycles. The number of anilines is 1. The van der Waals surface area contributed by atoms with Gasteiger partial charge in [0.1, 0.15) is 5.76 Å². The normalized spacial score (nSPS) is 10.6. The summed E-state index contributed by atoms with van der Waals surface area (Å²) < 4.78 is 5.31. The highest BCUT2D eigenvalue weighted by Gasteiger charge is 2.14. The van der Waals surface area contributed by atoms with Gasteiger partial charge in [-0.25, -0.2) is 4.79 Å². The Bertz CT molecular complexity index is 619. The molecule has 100 valence electrons. The van der Waals surface area contributed by atoms with Gasteiger partial charge in [0.25, 0.3) is 0 Å². The van der Waals surface area contributed by atoms with Crippen LogP contribution in [0.15, 0.2) is 33.6 Å². The maximum Gasteiger partial charge on any atom is 0.372 e. The number of carboxylic acids is 1. The second-order valence-electron chi connectivity index (χ2n) is 4.31. The Kier molecular flexibility index (Phi) is 3.85. The molecular weight excluding hydrogens is 262 g/mol. The molecule has 1 aromatic carbocycles. The lowest BCUT2D eigenvalue weighted by atomic mass is 10.2. The lowest BCUT2D eigenvalue weighted by Crippen LogP contribution is -1.95. The van der Waals surface area contributed by atoms with Crippen molar-refractivity contribution in [2.75, 3.05) is 5.73 Å². The molecule has 0 aliphatic heterocycles. The third-order valence-electron chi connectivity index (χ3n) is 2.82. The third kappa shape index (κ3) is 2.93. The van der Waals surface area contributed by atoms with Crippen LogP contribution in [0, 0.1) is 13.8 Å². The number of nitrogens with two attached hydrogens (primary N) is 1. The molecular formula is C14H15NO3S. The highest BCUT2D eigenvalue weighted by molar-refractivity contribution is 7.98. The second kappa shape index (κ2) is 5.40. The van der Waals surface area contributed by atoms with E-state index in [1.54, 1.807) is 13.0 Å². The molecule has 2 aromatic rings. The van der Waals surface area contributed by atoms with E-state index in [2.05, 4.69) is 0 Å². The number of aromatic carboxylic acids is 1. The molecule has 0 unspecified atom stereocenters. The molecule has 2 rings (SSSR count). The maximum absolute atomic E-state index is 10.9. The zero-order chi connectivity index (χ0) is 14.0. The van der Waals surface area contributed by atoms with Crippen molar-refractivity contribution >= 4 is 23.4 Å². The van der Waals surface area contributed by atoms with Crippen LogP contribution in [-0.4, -0.2) is 11.1 Å². The van der Waals surface area contributed by atoms with Crippen LogP contribution in [-0.2, 0) is 5.75 Å². The van der Waals surface area contributed by atoms with E-state index in [-0.39, 0.29) is 5.76 Å². The molecule has 0 spiro atoms. The van der Waals surface area contributed by atoms with E-state index >= 15 is 0 Å². The number of furan rings is 1. The first-order valence-corrected chi connectivity index (χ1v) is 6.78. The Morgan fingerprint density at radius 2 is 2.11 bits per heavy atom. The van der Waals surface area contributed by atoms with Crippen LogP contribution >= 0.6 is 11.8 Å². The molecule has 0 bridgehead atoms. The lowest BCUT2D eigenvalue weighted by Gasteiger charge is -2.06. The van der Waals surface area contributed by atoms with Gasteiger partial charge in [-0.3, -0.25) is 0 Å². The largest absolute Gasteiger partial charge is 0.475 e. The third-order valence-corrected chi connectivity index (χ3v) is 3.91. The van der Waals surface area contributed by atoms with Crippen molar-refractivity contribution in [2.45, 2.75) is 24.5 Å². The Morgan fingerprint density at radius 1 is 1.37 bits per heavy atom. The van der Waals surface area contributed by atoms with Crippen molar-refractivity contribution in [1.82, 2.24) is 0 Å². The van der Waals surface area contributed by atoms with Crippen molar-refractivity contribution in [1.29, 1.82) is 0 Å². The summed E-state index contributed by atoms with van der Waals surface area (Å²) in [4.78, 5) is 11.9. The number of aryl methyl sites for hydroxylation is 2. The number of thioether (sulfide) groups is 1. The summed E-state index contributed by atoms with van der Waals surface area (Å²) in [5, 5.41) is 8.92. The van der Waals surface area contributed by atoms with Gasteiger partial charge >= 0.3 is 5.97 Å². The van der Waals surface area contributed by atoms with Crippen LogP contribution in [0.1, 0.15) is 27.4 Å². The number of hydrogen-bond acceptors (Lipinski definition) is 4. The van der Waals surface area contributed by atoms with Crippen LogP contribution in [0.4, 0.5) is 5.69 Å². The van der Waals surface area contributed by atoms with Gasteiger partial charge in [-0.15, -0.1) is 11.8 Å². The van der Waals surface area contributed by atoms with E-state index in [9.17, 15) is 4.79 Å². The number of nitrogen functional groups attached to an aromatic ring is 1. The Labute approximate surface area is 115 Å². The summed E-state index contributed by atoms with van der Waals surface area (Å²) in [6.07, 6.45) is 0. The summed E-state index contributed by atoms with van der Waals surface area (Å²) in [7, 11) is 0. The van der Waals surface area contributed by atoms with Gasteiger partial charge in [0.15, 0.2) is 0 Å². The van der Waals surface area contributed by atoms with Crippen LogP contribution in [0.3, 0.4) is 0 Å². The van der Waals surface area contributed by atoms with Gasteiger partial charge in [0.2, 0.25) is 5.76 Å². The van der Waals surface area contributed by atoms with Gasteiger partial charge in [-0.05, 0) is 31.5 Å². The molecule has 0 radical (unpaired) electrons. The van der Waals surface area contributed by atoms with Crippen molar-refractivity contribution in [2.24, 2.45) is 0 Å². The molecule has 1 aromatic heterocycles. The summed E-state index contributed by atoms with van der Waals surface area (Å²) >= 11 is 1.54. The first kappa shape index (κ1) is 13.5. The van der Waals surface area contributed by atoms with E-state index in [0.717, 1.165) is 16.1 Å². The molecule has 4 nitrogen and oxygen atoms in total. The van der Waals surface area contributed by atoms with E-state index in [1.807, 2.05) is 25.1 Å². The first-order valence-electron chi connectivity index (χ1n) is 5.79. The zero-order valence-corrected chi connectivity index (χ0v) is 11.6. The van der Waals surface area contributed by atoms with Crippen LogP contribution in [0.25, 0.3) is 0 Å². The summed E-state index contributed by atoms with van der Waals surface area (Å²) in [6.45, 7) is 3.68. The molecule has 0 saturated carbocycles. The predicted molar refractivity (Wildman–Crippen MR) is 75.6 cm³/mol. The first-order chi connectivity index (χ1) is 8.99. The molecule has 0 aliphatic rings. The summed E-state index contributed by atoms with van der Waals surface area (Å²) in [6, 6.07) is 7.60. The Morgan fingerprint density at radius 3 is 2.74 bits per heavy atom. The van der Waals surface area contributed by atoms with Crippen LogP contribution in [0.2, 0.25) is 0 Å². The van der Waals surface area contributed by atoms with Crippen molar-refractivity contribution in [3.05, 3.63) is 46.9 Å². The van der Waals surface area contributed by atoms with Crippen molar-refractivity contribution < 1.29 is 14.3 Å². The lowest BCUT2D eigenvalue weighted by molar-refractivity contribution is 0.0659. The monoisotopic (exact) mass is 277 g/mol. The molecule has 3 N–H and O–H groups in total. The van der Waals surface area contributed by atoms with Crippen molar-refractivity contribution in [3.63, 3.8) is 0 Å². The molecule has 0 amide bonds. The Balaban J connectivity index is 2.13. The van der Waals surface area contributed by atoms with E-state index < -0.39 is 5.97 Å². The van der Waals surface area contributed by atoms with Gasteiger partial charge in [-0.1, -0.05) is 12.1 Å². The Hall–Kier alpha value is -1.88. The van der Waals surface area contributed by atoms with Crippen LogP contribution < -0.4 is 5.73 Å². The number of carboxylic acid groups (broad SMARTS) is 1. The molecule has 0 saturated heterocycles. The van der Waals surface area contributed by atoms with E-state index in [4.69, 9.17) is 15.3 Å². The number of rotatable bonds is 4. The minimum atomic E-state index is -1.04. The van der Waals surface area contributed by atoms with Gasteiger partial charge in [0.05, 0.1) is 5.75 Å².